The maximum absolute atomic E-state index is 13.9. The lowest BCUT2D eigenvalue weighted by Gasteiger charge is -2.31. The first-order valence-corrected chi connectivity index (χ1v) is 8.66. The molecule has 1 saturated heterocycles. The minimum absolute atomic E-state index is 0.0267. The molecule has 0 radical (unpaired) electrons. The molecule has 5 nitrogen and oxygen atoms in total. The molecule has 0 saturated carbocycles. The highest BCUT2D eigenvalue weighted by molar-refractivity contribution is 5.84. The number of nitrogens with zero attached hydrogens (tertiary/aromatic N) is 2. The van der Waals surface area contributed by atoms with Crippen LogP contribution in [0, 0.1) is 11.6 Å². The first-order chi connectivity index (χ1) is 13.0. The van der Waals surface area contributed by atoms with Crippen LogP contribution >= 0.6 is 0 Å². The fourth-order valence-electron chi connectivity index (χ4n) is 3.48. The minimum atomic E-state index is -0.655. The zero-order valence-corrected chi connectivity index (χ0v) is 14.7. The van der Waals surface area contributed by atoms with Crippen molar-refractivity contribution in [2.75, 3.05) is 7.11 Å². The van der Waals surface area contributed by atoms with Gasteiger partial charge in [-0.3, -0.25) is 4.79 Å². The van der Waals surface area contributed by atoms with Crippen molar-refractivity contribution in [2.24, 2.45) is 0 Å². The Morgan fingerprint density at radius 2 is 2.04 bits per heavy atom. The predicted octanol–water partition coefficient (Wildman–Crippen LogP) is 3.11. The summed E-state index contributed by atoms with van der Waals surface area (Å²) >= 11 is 0. The number of carbonyl (C=O) groups is 1. The van der Waals surface area contributed by atoms with Crippen LogP contribution in [0.4, 0.5) is 8.78 Å². The monoisotopic (exact) mass is 371 g/mol. The third-order valence-electron chi connectivity index (χ3n) is 4.93. The molecular formula is C20H19F2N3O2. The van der Waals surface area contributed by atoms with Gasteiger partial charge in [-0.05, 0) is 30.2 Å². The van der Waals surface area contributed by atoms with Crippen LogP contribution < -0.4 is 10.2 Å². The van der Waals surface area contributed by atoms with Crippen LogP contribution in [0.2, 0.25) is 0 Å². The van der Waals surface area contributed by atoms with E-state index in [0.29, 0.717) is 6.42 Å². The van der Waals surface area contributed by atoms with Gasteiger partial charge in [-0.15, -0.1) is 0 Å². The van der Waals surface area contributed by atoms with E-state index in [1.54, 1.807) is 24.5 Å². The van der Waals surface area contributed by atoms with Crippen LogP contribution in [-0.2, 0) is 11.3 Å². The first-order valence-electron chi connectivity index (χ1n) is 8.66. The van der Waals surface area contributed by atoms with E-state index in [4.69, 9.17) is 4.74 Å². The van der Waals surface area contributed by atoms with Crippen molar-refractivity contribution in [3.63, 3.8) is 0 Å². The van der Waals surface area contributed by atoms with Gasteiger partial charge in [-0.25, -0.2) is 14.2 Å². The van der Waals surface area contributed by atoms with Gasteiger partial charge in [0.25, 0.3) is 5.91 Å². The van der Waals surface area contributed by atoms with Gasteiger partial charge < -0.3 is 14.6 Å². The molecule has 27 heavy (non-hydrogen) atoms. The van der Waals surface area contributed by atoms with Gasteiger partial charge in [0, 0.05) is 24.0 Å². The molecule has 2 heterocycles. The summed E-state index contributed by atoms with van der Waals surface area (Å²) in [7, 11) is 1.61. The lowest BCUT2D eigenvalue weighted by Crippen LogP contribution is -2.47. The average Bonchev–Trinajstić information content (AvgIpc) is 3.11. The van der Waals surface area contributed by atoms with Crippen LogP contribution in [0.3, 0.4) is 0 Å². The average molecular weight is 371 g/mol. The van der Waals surface area contributed by atoms with Crippen molar-refractivity contribution in [1.29, 1.82) is 0 Å². The Balaban J connectivity index is 1.50. The van der Waals surface area contributed by atoms with Crippen molar-refractivity contribution in [2.45, 2.75) is 25.0 Å². The van der Waals surface area contributed by atoms with Crippen LogP contribution in [0.15, 0.2) is 54.9 Å². The number of rotatable bonds is 4. The number of fused-ring (bicyclic) bond motifs is 1. The minimum Gasteiger partial charge on any atom is -0.497 e. The number of benzene rings is 2. The number of halogens is 2. The maximum Gasteiger partial charge on any atom is 0.251 e. The molecule has 7 heteroatoms. The van der Waals surface area contributed by atoms with Crippen molar-refractivity contribution < 1.29 is 18.3 Å². The lowest BCUT2D eigenvalue weighted by atomic mass is 10.0. The molecule has 140 valence electrons. The second kappa shape index (κ2) is 7.00. The van der Waals surface area contributed by atoms with E-state index in [9.17, 15) is 13.6 Å². The zero-order valence-electron chi connectivity index (χ0n) is 14.7. The smallest absolute Gasteiger partial charge is 0.251 e. The van der Waals surface area contributed by atoms with Gasteiger partial charge in [-0.2, -0.15) is 0 Å². The highest BCUT2D eigenvalue weighted by Crippen LogP contribution is 2.32. The van der Waals surface area contributed by atoms with Gasteiger partial charge in [0.1, 0.15) is 23.4 Å². The van der Waals surface area contributed by atoms with E-state index in [1.807, 2.05) is 24.3 Å². The fraction of sp³-hybridized carbons (Fsp3) is 0.250. The summed E-state index contributed by atoms with van der Waals surface area (Å²) in [5, 5.41) is 1.78. The summed E-state index contributed by atoms with van der Waals surface area (Å²) in [6.07, 6.45) is 3.97. The fourth-order valence-corrected chi connectivity index (χ4v) is 3.48. The van der Waals surface area contributed by atoms with E-state index >= 15 is 0 Å². The van der Waals surface area contributed by atoms with E-state index in [-0.39, 0.29) is 30.1 Å². The summed E-state index contributed by atoms with van der Waals surface area (Å²) in [4.78, 5) is 14.3. The Bertz CT molecular complexity index is 903. The third-order valence-corrected chi connectivity index (χ3v) is 4.93. The third kappa shape index (κ3) is 3.38. The molecule has 1 amide bonds. The molecule has 2 atom stereocenters. The Morgan fingerprint density at radius 3 is 2.81 bits per heavy atom. The van der Waals surface area contributed by atoms with Gasteiger partial charge in [0.15, 0.2) is 0 Å². The molecule has 0 aromatic heterocycles. The SMILES string of the molecule is COc1cccc(C2CC3C(=O)N(Cc4ccc(F)cc4F)C=CN3N2)c1. The van der Waals surface area contributed by atoms with Gasteiger partial charge in [0.2, 0.25) is 0 Å². The summed E-state index contributed by atoms with van der Waals surface area (Å²) < 4.78 is 32.3. The van der Waals surface area contributed by atoms with Crippen molar-refractivity contribution in [1.82, 2.24) is 15.3 Å². The van der Waals surface area contributed by atoms with Gasteiger partial charge in [0.05, 0.1) is 19.7 Å². The first kappa shape index (κ1) is 17.5. The number of hydrogen-bond donors (Lipinski definition) is 1. The standard InChI is InChI=1S/C20H19F2N3O2/c1-27-16-4-2-3-13(9-16)18-11-19-20(26)24(7-8-25(19)23-18)12-14-5-6-15(21)10-17(14)22/h2-10,18-19,23H,11-12H2,1H3. The molecule has 0 bridgehead atoms. The highest BCUT2D eigenvalue weighted by atomic mass is 19.1. The highest BCUT2D eigenvalue weighted by Gasteiger charge is 2.40. The molecule has 2 aliphatic rings. The van der Waals surface area contributed by atoms with E-state index in [2.05, 4.69) is 5.43 Å². The summed E-state index contributed by atoms with van der Waals surface area (Å²) in [5.74, 6) is -0.657. The van der Waals surface area contributed by atoms with Crippen LogP contribution in [0.5, 0.6) is 5.75 Å². The molecule has 2 aromatic rings. The normalized spacial score (nSPS) is 21.5. The number of hydrogen-bond acceptors (Lipinski definition) is 4. The van der Waals surface area contributed by atoms with Crippen LogP contribution in [0.25, 0.3) is 0 Å². The van der Waals surface area contributed by atoms with Crippen LogP contribution in [-0.4, -0.2) is 29.0 Å². The second-order valence-electron chi connectivity index (χ2n) is 6.62. The maximum atomic E-state index is 13.9. The van der Waals surface area contributed by atoms with E-state index < -0.39 is 11.6 Å². The van der Waals surface area contributed by atoms with Crippen molar-refractivity contribution >= 4 is 5.91 Å². The number of ether oxygens (including phenoxy) is 1. The quantitative estimate of drug-likeness (QED) is 0.897. The van der Waals surface area contributed by atoms with Gasteiger partial charge >= 0.3 is 0 Å². The molecule has 2 unspecified atom stereocenters. The second-order valence-corrected chi connectivity index (χ2v) is 6.62. The van der Waals surface area contributed by atoms with E-state index in [0.717, 1.165) is 17.4 Å². The summed E-state index contributed by atoms with van der Waals surface area (Å²) in [6, 6.07) is 10.7. The van der Waals surface area contributed by atoms with Gasteiger partial charge in [-0.1, -0.05) is 18.2 Å². The van der Waals surface area contributed by atoms with E-state index in [1.165, 1.54) is 17.0 Å². The number of methoxy groups -OCH3 is 1. The lowest BCUT2D eigenvalue weighted by molar-refractivity contribution is -0.135. The summed E-state index contributed by atoms with van der Waals surface area (Å²) in [6.45, 7) is 0.0651. The molecule has 4 rings (SSSR count). The van der Waals surface area contributed by atoms with Crippen molar-refractivity contribution in [3.05, 3.63) is 77.6 Å². The molecule has 2 aliphatic heterocycles. The molecule has 0 aliphatic carbocycles. The number of amides is 1. The Kier molecular flexibility index (Phi) is 4.53. The predicted molar refractivity (Wildman–Crippen MR) is 95.2 cm³/mol. The topological polar surface area (TPSA) is 44.8 Å². The Morgan fingerprint density at radius 1 is 1.19 bits per heavy atom. The molecule has 2 aromatic carbocycles. The van der Waals surface area contributed by atoms with Crippen LogP contribution in [0.1, 0.15) is 23.6 Å². The molecular weight excluding hydrogens is 352 g/mol. The molecule has 0 spiro atoms. The Labute approximate surface area is 155 Å². The van der Waals surface area contributed by atoms with Crippen molar-refractivity contribution in [3.8, 4) is 5.75 Å². The number of hydrazine groups is 1. The summed E-state index contributed by atoms with van der Waals surface area (Å²) in [5.41, 5.74) is 4.62. The number of nitrogens with one attached hydrogen (secondary N) is 1. The Hall–Kier alpha value is -2.93. The molecule has 1 fully saturated rings. The number of carbonyl (C=O) groups excluding carboxylic acids is 1. The zero-order chi connectivity index (χ0) is 19.0. The largest absolute Gasteiger partial charge is 0.497 e. The molecule has 1 N–H and O–H groups in total.